The maximum atomic E-state index is 11.8. The van der Waals surface area contributed by atoms with Crippen LogP contribution in [0, 0.1) is 5.92 Å². The van der Waals surface area contributed by atoms with Crippen LogP contribution in [0.3, 0.4) is 0 Å². The number of hydrogen-bond acceptors (Lipinski definition) is 3. The number of carbonyl (C=O) groups is 1. The zero-order valence-electron chi connectivity index (χ0n) is 8.65. The molecule has 0 spiro atoms. The Morgan fingerprint density at radius 1 is 1.57 bits per heavy atom. The van der Waals surface area contributed by atoms with Gasteiger partial charge >= 0.3 is 0 Å². The fraction of sp³-hybridized carbons (Fsp3) is 0.900. The first kappa shape index (κ1) is 11.5. The minimum absolute atomic E-state index is 0.0365. The van der Waals surface area contributed by atoms with Gasteiger partial charge in [-0.15, -0.1) is 0 Å². The van der Waals surface area contributed by atoms with Gasteiger partial charge in [0, 0.05) is 19.0 Å². The maximum absolute atomic E-state index is 11.8. The van der Waals surface area contributed by atoms with Crippen LogP contribution >= 0.6 is 0 Å². The van der Waals surface area contributed by atoms with Crippen molar-refractivity contribution in [2.24, 2.45) is 5.92 Å². The summed E-state index contributed by atoms with van der Waals surface area (Å²) in [6, 6.07) is 0. The van der Waals surface area contributed by atoms with Crippen LogP contribution in [0.5, 0.6) is 0 Å². The summed E-state index contributed by atoms with van der Waals surface area (Å²) in [5, 5.41) is 18.0. The lowest BCUT2D eigenvalue weighted by Crippen LogP contribution is -2.43. The maximum Gasteiger partial charge on any atom is 0.225 e. The van der Waals surface area contributed by atoms with Gasteiger partial charge in [0.1, 0.15) is 0 Å². The van der Waals surface area contributed by atoms with Crippen molar-refractivity contribution in [2.45, 2.75) is 32.3 Å². The number of rotatable bonds is 5. The number of carbonyl (C=O) groups excluding carboxylic acids is 1. The van der Waals surface area contributed by atoms with Crippen molar-refractivity contribution in [2.75, 3.05) is 19.7 Å². The van der Waals surface area contributed by atoms with Crippen LogP contribution in [0.15, 0.2) is 0 Å². The lowest BCUT2D eigenvalue weighted by atomic mass is 9.84. The van der Waals surface area contributed by atoms with Gasteiger partial charge in [-0.3, -0.25) is 4.79 Å². The van der Waals surface area contributed by atoms with E-state index in [-0.39, 0.29) is 18.4 Å². The Kier molecular flexibility index (Phi) is 4.35. The molecule has 0 aromatic heterocycles. The van der Waals surface area contributed by atoms with E-state index in [1.807, 2.05) is 0 Å². The third-order valence-electron chi connectivity index (χ3n) is 2.62. The van der Waals surface area contributed by atoms with E-state index >= 15 is 0 Å². The largest absolute Gasteiger partial charge is 0.395 e. The molecule has 1 aliphatic rings. The van der Waals surface area contributed by atoms with Gasteiger partial charge in [0.05, 0.1) is 12.7 Å². The summed E-state index contributed by atoms with van der Waals surface area (Å²) in [4.78, 5) is 13.3. The molecular weight excluding hydrogens is 182 g/mol. The van der Waals surface area contributed by atoms with Crippen molar-refractivity contribution in [1.82, 2.24) is 4.90 Å². The Morgan fingerprint density at radius 2 is 2.21 bits per heavy atom. The predicted octanol–water partition coefficient (Wildman–Crippen LogP) is -0.0118. The minimum Gasteiger partial charge on any atom is -0.395 e. The Hall–Kier alpha value is -0.610. The molecule has 1 amide bonds. The molecule has 0 heterocycles. The molecule has 14 heavy (non-hydrogen) atoms. The normalized spacial score (nSPS) is 18.8. The number of aliphatic hydroxyl groups is 2. The van der Waals surface area contributed by atoms with E-state index in [0.717, 1.165) is 19.3 Å². The summed E-state index contributed by atoms with van der Waals surface area (Å²) in [6.07, 6.45) is 2.52. The highest BCUT2D eigenvalue weighted by Gasteiger charge is 2.29. The van der Waals surface area contributed by atoms with E-state index in [1.165, 1.54) is 0 Å². The van der Waals surface area contributed by atoms with E-state index in [9.17, 15) is 9.90 Å². The third-order valence-corrected chi connectivity index (χ3v) is 2.62. The molecule has 4 nitrogen and oxygen atoms in total. The van der Waals surface area contributed by atoms with Crippen LogP contribution in [0.4, 0.5) is 0 Å². The average Bonchev–Trinajstić information content (AvgIpc) is 1.99. The molecule has 0 aromatic rings. The van der Waals surface area contributed by atoms with Crippen LogP contribution < -0.4 is 0 Å². The Balaban J connectivity index is 2.42. The second kappa shape index (κ2) is 5.32. The van der Waals surface area contributed by atoms with E-state index in [0.29, 0.717) is 13.1 Å². The smallest absolute Gasteiger partial charge is 0.225 e. The molecule has 4 heteroatoms. The zero-order chi connectivity index (χ0) is 10.6. The first-order valence-electron chi connectivity index (χ1n) is 5.23. The van der Waals surface area contributed by atoms with E-state index in [1.54, 1.807) is 11.8 Å². The molecule has 0 radical (unpaired) electrons. The van der Waals surface area contributed by atoms with Crippen LogP contribution in [-0.2, 0) is 4.79 Å². The van der Waals surface area contributed by atoms with E-state index < -0.39 is 6.10 Å². The van der Waals surface area contributed by atoms with Crippen LogP contribution in [0.2, 0.25) is 0 Å². The Morgan fingerprint density at radius 3 is 2.57 bits per heavy atom. The summed E-state index contributed by atoms with van der Waals surface area (Å²) >= 11 is 0. The molecule has 1 atom stereocenters. The highest BCUT2D eigenvalue weighted by molar-refractivity contribution is 5.79. The van der Waals surface area contributed by atoms with Gasteiger partial charge in [-0.2, -0.15) is 0 Å². The third kappa shape index (κ3) is 2.96. The lowest BCUT2D eigenvalue weighted by molar-refractivity contribution is -0.140. The van der Waals surface area contributed by atoms with Crippen molar-refractivity contribution < 1.29 is 15.0 Å². The topological polar surface area (TPSA) is 60.8 Å². The van der Waals surface area contributed by atoms with Gasteiger partial charge in [0.2, 0.25) is 5.91 Å². The molecule has 1 saturated carbocycles. The summed E-state index contributed by atoms with van der Waals surface area (Å²) in [5.41, 5.74) is 0. The number of amides is 1. The molecule has 1 fully saturated rings. The fourth-order valence-electron chi connectivity index (χ4n) is 1.64. The highest BCUT2D eigenvalue weighted by atomic mass is 16.3. The summed E-state index contributed by atoms with van der Waals surface area (Å²) in [7, 11) is 0. The van der Waals surface area contributed by atoms with Crippen molar-refractivity contribution >= 4 is 5.91 Å². The quantitative estimate of drug-likeness (QED) is 0.657. The lowest BCUT2D eigenvalue weighted by Gasteiger charge is -2.32. The monoisotopic (exact) mass is 201 g/mol. The number of aliphatic hydroxyl groups excluding tert-OH is 2. The van der Waals surface area contributed by atoms with Crippen molar-refractivity contribution in [3.8, 4) is 0 Å². The molecule has 0 aliphatic heterocycles. The van der Waals surface area contributed by atoms with E-state index in [2.05, 4.69) is 0 Å². The molecule has 0 bridgehead atoms. The number of hydrogen-bond donors (Lipinski definition) is 2. The van der Waals surface area contributed by atoms with Gasteiger partial charge in [-0.1, -0.05) is 6.42 Å². The molecule has 0 aromatic carbocycles. The summed E-state index contributed by atoms with van der Waals surface area (Å²) in [5.74, 6) is 0.228. The highest BCUT2D eigenvalue weighted by Crippen LogP contribution is 2.28. The van der Waals surface area contributed by atoms with Gasteiger partial charge < -0.3 is 15.1 Å². The van der Waals surface area contributed by atoms with Crippen molar-refractivity contribution in [1.29, 1.82) is 0 Å². The standard InChI is InChI=1S/C10H19NO3/c1-8(13)7-11(5-6-12)10(14)9-3-2-4-9/h8-9,12-13H,2-7H2,1H3. The number of nitrogens with zero attached hydrogens (tertiary/aromatic N) is 1. The average molecular weight is 201 g/mol. The second-order valence-corrected chi connectivity index (χ2v) is 3.98. The first-order chi connectivity index (χ1) is 6.65. The SMILES string of the molecule is CC(O)CN(CCO)C(=O)C1CCC1. The van der Waals surface area contributed by atoms with Crippen LogP contribution in [0.25, 0.3) is 0 Å². The minimum atomic E-state index is -0.523. The molecular formula is C10H19NO3. The summed E-state index contributed by atoms with van der Waals surface area (Å²) < 4.78 is 0. The van der Waals surface area contributed by atoms with Crippen molar-refractivity contribution in [3.05, 3.63) is 0 Å². The predicted molar refractivity (Wildman–Crippen MR) is 52.7 cm³/mol. The van der Waals surface area contributed by atoms with Gasteiger partial charge in [-0.25, -0.2) is 0 Å². The molecule has 82 valence electrons. The first-order valence-corrected chi connectivity index (χ1v) is 5.23. The van der Waals surface area contributed by atoms with Gasteiger partial charge in [-0.05, 0) is 19.8 Å². The van der Waals surface area contributed by atoms with Crippen molar-refractivity contribution in [3.63, 3.8) is 0 Å². The summed E-state index contributed by atoms with van der Waals surface area (Å²) in [6.45, 7) is 2.28. The Labute approximate surface area is 84.5 Å². The molecule has 1 aliphatic carbocycles. The van der Waals surface area contributed by atoms with E-state index in [4.69, 9.17) is 5.11 Å². The second-order valence-electron chi connectivity index (χ2n) is 3.98. The van der Waals surface area contributed by atoms with Gasteiger partial charge in [0.25, 0.3) is 0 Å². The molecule has 1 unspecified atom stereocenters. The molecule has 0 saturated heterocycles. The van der Waals surface area contributed by atoms with Crippen LogP contribution in [-0.4, -0.2) is 46.8 Å². The Bertz CT molecular complexity index is 190. The zero-order valence-corrected chi connectivity index (χ0v) is 8.65. The molecule has 2 N–H and O–H groups in total. The van der Waals surface area contributed by atoms with Gasteiger partial charge in [0.15, 0.2) is 0 Å². The fourth-order valence-corrected chi connectivity index (χ4v) is 1.64. The van der Waals surface area contributed by atoms with Crippen LogP contribution in [0.1, 0.15) is 26.2 Å². The molecule has 1 rings (SSSR count).